The van der Waals surface area contributed by atoms with Gasteiger partial charge in [0.1, 0.15) is 0 Å². The fourth-order valence-corrected chi connectivity index (χ4v) is 13.4. The summed E-state index contributed by atoms with van der Waals surface area (Å²) in [6.07, 6.45) is 0. The molecule has 0 saturated heterocycles. The van der Waals surface area contributed by atoms with Crippen LogP contribution in [0.25, 0.3) is 44.5 Å². The Morgan fingerprint density at radius 1 is 0.264 bits per heavy atom. The maximum atomic E-state index is 2.53. The van der Waals surface area contributed by atoms with Gasteiger partial charge in [0.15, 0.2) is 0 Å². The minimum Gasteiger partial charge on any atom is -0.310 e. The number of hydrogen-bond acceptors (Lipinski definition) is 1. The van der Waals surface area contributed by atoms with Crippen LogP contribution in [0.3, 0.4) is 0 Å². The first-order valence-electron chi connectivity index (χ1n) is 25.3. The van der Waals surface area contributed by atoms with Gasteiger partial charge in [-0.1, -0.05) is 250 Å². The molecular formula is C71H51N. The van der Waals surface area contributed by atoms with E-state index in [1.807, 2.05) is 0 Å². The first-order valence-corrected chi connectivity index (χ1v) is 25.3. The second-order valence-corrected chi connectivity index (χ2v) is 20.3. The second kappa shape index (κ2) is 16.1. The van der Waals surface area contributed by atoms with Crippen molar-refractivity contribution in [3.63, 3.8) is 0 Å². The molecule has 3 aliphatic carbocycles. The molecule has 0 spiro atoms. The fraction of sp³-hybridized carbons (Fsp3) is 0.0704. The highest BCUT2D eigenvalue weighted by Crippen LogP contribution is 2.61. The average Bonchev–Trinajstić information content (AvgIpc) is 4.01. The molecule has 0 bridgehead atoms. The van der Waals surface area contributed by atoms with Crippen molar-refractivity contribution in [2.24, 2.45) is 0 Å². The second-order valence-electron chi connectivity index (χ2n) is 20.3. The van der Waals surface area contributed by atoms with Gasteiger partial charge < -0.3 is 4.90 Å². The minimum absolute atomic E-state index is 0.0812. The first kappa shape index (κ1) is 42.1. The van der Waals surface area contributed by atoms with Crippen LogP contribution in [0.1, 0.15) is 69.5 Å². The molecule has 0 aromatic heterocycles. The summed E-state index contributed by atoms with van der Waals surface area (Å²) in [6, 6.07) is 102. The van der Waals surface area contributed by atoms with E-state index < -0.39 is 10.8 Å². The van der Waals surface area contributed by atoms with Crippen molar-refractivity contribution in [3.05, 3.63) is 329 Å². The van der Waals surface area contributed by atoms with E-state index in [9.17, 15) is 0 Å². The Morgan fingerprint density at radius 3 is 1.26 bits per heavy atom. The van der Waals surface area contributed by atoms with E-state index in [2.05, 4.69) is 292 Å². The van der Waals surface area contributed by atoms with E-state index in [0.717, 1.165) is 17.1 Å². The number of hydrogen-bond donors (Lipinski definition) is 0. The van der Waals surface area contributed by atoms with Gasteiger partial charge in [-0.05, 0) is 131 Å². The van der Waals surface area contributed by atoms with Crippen molar-refractivity contribution in [1.82, 2.24) is 0 Å². The molecule has 0 unspecified atom stereocenters. The predicted octanol–water partition coefficient (Wildman–Crippen LogP) is 17.9. The largest absolute Gasteiger partial charge is 0.310 e. The molecule has 0 amide bonds. The van der Waals surface area contributed by atoms with Gasteiger partial charge in [-0.25, -0.2) is 0 Å². The summed E-state index contributed by atoms with van der Waals surface area (Å²) in [6.45, 7) is 4.73. The summed E-state index contributed by atoms with van der Waals surface area (Å²) in [5.41, 5.74) is 25.3. The summed E-state index contributed by atoms with van der Waals surface area (Å²) in [5, 5.41) is 0. The predicted molar refractivity (Wildman–Crippen MR) is 299 cm³/mol. The maximum absolute atomic E-state index is 2.53. The Labute approximate surface area is 423 Å². The fourth-order valence-electron chi connectivity index (χ4n) is 13.4. The Bertz CT molecular complexity index is 3790. The third-order valence-electron chi connectivity index (χ3n) is 16.4. The van der Waals surface area contributed by atoms with Crippen LogP contribution in [0, 0.1) is 0 Å². The SMILES string of the molecule is CC1(C)c2ccccc2-c2ccc(-c3ccc(N(c4ccc5c(c4)-c4ccccc4C5(c4ccccc4)c4ccccc4)c4cccc5c4-c4ccccc4C5(c4ccccc4)c4ccccc4)cc3)cc21. The summed E-state index contributed by atoms with van der Waals surface area (Å²) in [4.78, 5) is 2.53. The molecule has 72 heavy (non-hydrogen) atoms. The van der Waals surface area contributed by atoms with E-state index in [1.54, 1.807) is 0 Å². The molecule has 0 fully saturated rings. The average molecular weight is 918 g/mol. The van der Waals surface area contributed by atoms with Gasteiger partial charge in [0.2, 0.25) is 0 Å². The lowest BCUT2D eigenvalue weighted by Crippen LogP contribution is -2.28. The van der Waals surface area contributed by atoms with E-state index in [-0.39, 0.29) is 5.41 Å². The zero-order valence-electron chi connectivity index (χ0n) is 40.4. The lowest BCUT2D eigenvalue weighted by molar-refractivity contribution is 0.660. The number of nitrogens with zero attached hydrogens (tertiary/aromatic N) is 1. The Morgan fingerprint density at radius 2 is 0.681 bits per heavy atom. The number of rotatable bonds is 8. The first-order chi connectivity index (χ1) is 35.5. The van der Waals surface area contributed by atoms with Crippen LogP contribution < -0.4 is 4.90 Å². The lowest BCUT2D eigenvalue weighted by Gasteiger charge is -2.35. The van der Waals surface area contributed by atoms with Gasteiger partial charge in [0.25, 0.3) is 0 Å². The number of benzene rings is 11. The molecule has 0 aliphatic heterocycles. The van der Waals surface area contributed by atoms with Crippen LogP contribution >= 0.6 is 0 Å². The topological polar surface area (TPSA) is 3.24 Å². The van der Waals surface area contributed by atoms with Gasteiger partial charge in [-0.2, -0.15) is 0 Å². The van der Waals surface area contributed by atoms with Crippen molar-refractivity contribution in [3.8, 4) is 44.5 Å². The minimum atomic E-state index is -0.539. The van der Waals surface area contributed by atoms with Crippen molar-refractivity contribution in [1.29, 1.82) is 0 Å². The highest BCUT2D eigenvalue weighted by atomic mass is 15.1. The quantitative estimate of drug-likeness (QED) is 0.147. The van der Waals surface area contributed by atoms with Crippen LogP contribution in [0.4, 0.5) is 17.1 Å². The molecule has 11 aromatic carbocycles. The molecule has 0 N–H and O–H groups in total. The summed E-state index contributed by atoms with van der Waals surface area (Å²) < 4.78 is 0. The van der Waals surface area contributed by atoms with Crippen molar-refractivity contribution >= 4 is 17.1 Å². The molecule has 1 heteroatoms. The monoisotopic (exact) mass is 917 g/mol. The van der Waals surface area contributed by atoms with E-state index in [0.29, 0.717) is 0 Å². The molecule has 340 valence electrons. The van der Waals surface area contributed by atoms with Crippen LogP contribution in [-0.4, -0.2) is 0 Å². The highest BCUT2D eigenvalue weighted by Gasteiger charge is 2.49. The van der Waals surface area contributed by atoms with E-state index in [1.165, 1.54) is 100 Å². The zero-order valence-corrected chi connectivity index (χ0v) is 40.4. The lowest BCUT2D eigenvalue weighted by atomic mass is 9.67. The normalized spacial score (nSPS) is 14.6. The summed E-state index contributed by atoms with van der Waals surface area (Å²) in [5.74, 6) is 0. The Hall–Kier alpha value is -8.78. The molecule has 14 rings (SSSR count). The van der Waals surface area contributed by atoms with Gasteiger partial charge in [0.05, 0.1) is 16.5 Å². The van der Waals surface area contributed by atoms with Crippen molar-refractivity contribution in [2.75, 3.05) is 4.90 Å². The smallest absolute Gasteiger partial charge is 0.0714 e. The Balaban J connectivity index is 1.00. The molecule has 0 atom stereocenters. The van der Waals surface area contributed by atoms with Gasteiger partial charge in [0, 0.05) is 22.4 Å². The Kier molecular flexibility index (Phi) is 9.44. The molecule has 3 aliphatic rings. The maximum Gasteiger partial charge on any atom is 0.0714 e. The standard InChI is InChI=1S/C71H51N/c1-69(2)61-33-18-15-30-56(61)58-44-40-49(46-66(58)69)48-38-41-54(42-39-48)72(55-43-45-64-60(47-55)57-31-16-19-34-62(57)70(64,50-22-7-3-8-23-50)51-24-9-4-10-25-51)67-37-21-36-65-68(67)59-32-17-20-35-63(59)71(65,52-26-11-5-12-27-52)53-28-13-6-14-29-53/h3-47H,1-2H3. The highest BCUT2D eigenvalue weighted by molar-refractivity contribution is 5.99. The van der Waals surface area contributed by atoms with E-state index in [4.69, 9.17) is 0 Å². The van der Waals surface area contributed by atoms with Gasteiger partial charge in [-0.3, -0.25) is 0 Å². The summed E-state index contributed by atoms with van der Waals surface area (Å²) >= 11 is 0. The molecule has 0 heterocycles. The number of anilines is 3. The van der Waals surface area contributed by atoms with Crippen LogP contribution in [0.2, 0.25) is 0 Å². The molecule has 0 saturated carbocycles. The van der Waals surface area contributed by atoms with E-state index >= 15 is 0 Å². The van der Waals surface area contributed by atoms with Crippen LogP contribution in [0.5, 0.6) is 0 Å². The van der Waals surface area contributed by atoms with Gasteiger partial charge >= 0.3 is 0 Å². The molecular weight excluding hydrogens is 867 g/mol. The third-order valence-corrected chi connectivity index (χ3v) is 16.4. The zero-order chi connectivity index (χ0) is 48.0. The van der Waals surface area contributed by atoms with Crippen molar-refractivity contribution < 1.29 is 0 Å². The van der Waals surface area contributed by atoms with Crippen LogP contribution in [0.15, 0.2) is 273 Å². The van der Waals surface area contributed by atoms with Crippen molar-refractivity contribution in [2.45, 2.75) is 30.1 Å². The van der Waals surface area contributed by atoms with Crippen LogP contribution in [-0.2, 0) is 16.2 Å². The molecule has 11 aromatic rings. The molecule has 1 nitrogen and oxygen atoms in total. The third kappa shape index (κ3) is 5.89. The summed E-state index contributed by atoms with van der Waals surface area (Å²) in [7, 11) is 0. The van der Waals surface area contributed by atoms with Gasteiger partial charge in [-0.15, -0.1) is 0 Å². The molecule has 0 radical (unpaired) electrons. The number of fused-ring (bicyclic) bond motifs is 9.